The molecule has 7 heteroatoms. The van der Waals surface area contributed by atoms with Gasteiger partial charge in [-0.3, -0.25) is 9.10 Å². The molecule has 0 spiro atoms. The molecule has 4 aromatic rings. The highest BCUT2D eigenvalue weighted by Crippen LogP contribution is 2.31. The summed E-state index contributed by atoms with van der Waals surface area (Å²) in [5, 5.41) is 4.78. The molecule has 6 nitrogen and oxygen atoms in total. The van der Waals surface area contributed by atoms with E-state index < -0.39 is 22.0 Å². The van der Waals surface area contributed by atoms with Gasteiger partial charge in [-0.15, -0.1) is 0 Å². The summed E-state index contributed by atoms with van der Waals surface area (Å²) in [5.74, 6) is -0.429. The van der Waals surface area contributed by atoms with Crippen LogP contribution in [0.2, 0.25) is 0 Å². The Balaban J connectivity index is 1.66. The third kappa shape index (κ3) is 4.01. The van der Waals surface area contributed by atoms with Crippen molar-refractivity contribution in [2.45, 2.75) is 26.8 Å². The summed E-state index contributed by atoms with van der Waals surface area (Å²) in [6, 6.07) is 17.8. The van der Waals surface area contributed by atoms with E-state index >= 15 is 0 Å². The summed E-state index contributed by atoms with van der Waals surface area (Å²) in [7, 11) is -3.69. The van der Waals surface area contributed by atoms with E-state index in [1.807, 2.05) is 56.3 Å². The molecule has 0 unspecified atom stereocenters. The van der Waals surface area contributed by atoms with Crippen LogP contribution in [0.1, 0.15) is 18.1 Å². The van der Waals surface area contributed by atoms with Gasteiger partial charge in [0.1, 0.15) is 17.2 Å². The van der Waals surface area contributed by atoms with E-state index in [4.69, 9.17) is 4.42 Å². The maximum absolute atomic E-state index is 13.0. The average Bonchev–Trinajstić information content (AvgIpc) is 3.07. The van der Waals surface area contributed by atoms with Crippen molar-refractivity contribution in [3.8, 4) is 0 Å². The Bertz CT molecular complexity index is 1410. The summed E-state index contributed by atoms with van der Waals surface area (Å²) in [4.78, 5) is 13.0. The van der Waals surface area contributed by atoms with Gasteiger partial charge in [0.25, 0.3) is 0 Å². The van der Waals surface area contributed by atoms with Gasteiger partial charge >= 0.3 is 0 Å². The fraction of sp³-hybridized carbons (Fsp3) is 0.208. The van der Waals surface area contributed by atoms with E-state index in [1.54, 1.807) is 25.1 Å². The molecule has 1 aromatic heterocycles. The van der Waals surface area contributed by atoms with Crippen LogP contribution < -0.4 is 9.62 Å². The Morgan fingerprint density at radius 1 is 0.968 bits per heavy atom. The number of carbonyl (C=O) groups excluding carboxylic acids is 1. The number of nitrogens with zero attached hydrogens (tertiary/aromatic N) is 1. The van der Waals surface area contributed by atoms with Crippen molar-refractivity contribution >= 4 is 49.2 Å². The molecule has 160 valence electrons. The van der Waals surface area contributed by atoms with Crippen LogP contribution in [0.5, 0.6) is 0 Å². The topological polar surface area (TPSA) is 79.6 Å². The van der Waals surface area contributed by atoms with Crippen LogP contribution in [0.4, 0.5) is 11.4 Å². The molecule has 1 heterocycles. The molecule has 0 fully saturated rings. The lowest BCUT2D eigenvalue weighted by molar-refractivity contribution is -0.116. The molecular formula is C24H24N2O4S. The SMILES string of the molecule is Cc1ccc(C)c(N([C@@H](C)C(=O)Nc2ccc3c(c2)oc2ccccc23)S(C)(=O)=O)c1. The average molecular weight is 437 g/mol. The van der Waals surface area contributed by atoms with Crippen LogP contribution in [0.3, 0.4) is 0 Å². The standard InChI is InChI=1S/C24H24N2O4S/c1-15-9-10-16(2)21(13-15)26(31(4,28)29)17(3)24(27)25-18-11-12-20-19-7-5-6-8-22(19)30-23(20)14-18/h5-14,17H,1-4H3,(H,25,27)/t17-/m0/s1. The number of aryl methyl sites for hydroxylation is 2. The quantitative estimate of drug-likeness (QED) is 0.478. The van der Waals surface area contributed by atoms with Crippen molar-refractivity contribution in [1.29, 1.82) is 0 Å². The van der Waals surface area contributed by atoms with E-state index in [2.05, 4.69) is 5.32 Å². The molecule has 0 bridgehead atoms. The maximum Gasteiger partial charge on any atom is 0.247 e. The number of fused-ring (bicyclic) bond motifs is 3. The predicted molar refractivity (Wildman–Crippen MR) is 125 cm³/mol. The first-order valence-electron chi connectivity index (χ1n) is 9.94. The van der Waals surface area contributed by atoms with Gasteiger partial charge in [0.15, 0.2) is 0 Å². The molecule has 1 N–H and O–H groups in total. The van der Waals surface area contributed by atoms with Crippen LogP contribution in [-0.4, -0.2) is 26.6 Å². The highest BCUT2D eigenvalue weighted by molar-refractivity contribution is 7.92. The Morgan fingerprint density at radius 3 is 2.42 bits per heavy atom. The normalized spacial score (nSPS) is 12.8. The Labute approximate surface area is 181 Å². The van der Waals surface area contributed by atoms with E-state index in [1.165, 1.54) is 4.31 Å². The van der Waals surface area contributed by atoms with Gasteiger partial charge in [-0.05, 0) is 56.2 Å². The Kier molecular flexibility index (Phi) is 5.23. The van der Waals surface area contributed by atoms with E-state index in [0.717, 1.165) is 33.7 Å². The zero-order valence-corrected chi connectivity index (χ0v) is 18.7. The summed E-state index contributed by atoms with van der Waals surface area (Å²) < 4.78 is 32.2. The number of nitrogens with one attached hydrogen (secondary N) is 1. The lowest BCUT2D eigenvalue weighted by Crippen LogP contribution is -2.45. The van der Waals surface area contributed by atoms with Gasteiger partial charge in [-0.25, -0.2) is 8.42 Å². The third-order valence-electron chi connectivity index (χ3n) is 5.34. The minimum atomic E-state index is -3.69. The fourth-order valence-corrected chi connectivity index (χ4v) is 5.01. The highest BCUT2D eigenvalue weighted by atomic mass is 32.2. The smallest absolute Gasteiger partial charge is 0.247 e. The molecule has 1 amide bonds. The van der Waals surface area contributed by atoms with E-state index in [0.29, 0.717) is 17.0 Å². The fourth-order valence-electron chi connectivity index (χ4n) is 3.79. The van der Waals surface area contributed by atoms with Gasteiger partial charge in [0, 0.05) is 22.5 Å². The number of rotatable bonds is 5. The predicted octanol–water partition coefficient (Wildman–Crippen LogP) is 5.00. The minimum Gasteiger partial charge on any atom is -0.456 e. The van der Waals surface area contributed by atoms with Crippen molar-refractivity contribution in [2.75, 3.05) is 15.9 Å². The molecule has 1 atom stereocenters. The Morgan fingerprint density at radius 2 is 1.68 bits per heavy atom. The van der Waals surface area contributed by atoms with E-state index in [-0.39, 0.29) is 0 Å². The number of para-hydroxylation sites is 1. The van der Waals surface area contributed by atoms with Crippen LogP contribution >= 0.6 is 0 Å². The van der Waals surface area contributed by atoms with Crippen molar-refractivity contribution in [2.24, 2.45) is 0 Å². The molecule has 4 rings (SSSR count). The second-order valence-corrected chi connectivity index (χ2v) is 9.68. The van der Waals surface area contributed by atoms with Gasteiger partial charge < -0.3 is 9.73 Å². The van der Waals surface area contributed by atoms with Crippen LogP contribution in [0.25, 0.3) is 21.9 Å². The first kappa shape index (κ1) is 20.9. The number of hydrogen-bond donors (Lipinski definition) is 1. The molecule has 0 aliphatic carbocycles. The van der Waals surface area contributed by atoms with Crippen LogP contribution in [0.15, 0.2) is 65.1 Å². The van der Waals surface area contributed by atoms with Gasteiger partial charge in [-0.2, -0.15) is 0 Å². The number of anilines is 2. The minimum absolute atomic E-state index is 0.429. The number of benzene rings is 3. The van der Waals surface area contributed by atoms with Gasteiger partial charge in [0.05, 0.1) is 11.9 Å². The molecule has 31 heavy (non-hydrogen) atoms. The van der Waals surface area contributed by atoms with Crippen LogP contribution in [0, 0.1) is 13.8 Å². The van der Waals surface area contributed by atoms with Crippen molar-refractivity contribution in [1.82, 2.24) is 0 Å². The molecule has 0 saturated carbocycles. The van der Waals surface area contributed by atoms with Crippen LogP contribution in [-0.2, 0) is 14.8 Å². The van der Waals surface area contributed by atoms with E-state index in [9.17, 15) is 13.2 Å². The first-order chi connectivity index (χ1) is 14.6. The highest BCUT2D eigenvalue weighted by Gasteiger charge is 2.30. The largest absolute Gasteiger partial charge is 0.456 e. The monoisotopic (exact) mass is 436 g/mol. The number of sulfonamides is 1. The third-order valence-corrected chi connectivity index (χ3v) is 6.56. The number of carbonyl (C=O) groups is 1. The summed E-state index contributed by atoms with van der Waals surface area (Å²) in [6.45, 7) is 5.29. The maximum atomic E-state index is 13.0. The lowest BCUT2D eigenvalue weighted by Gasteiger charge is -2.29. The van der Waals surface area contributed by atoms with Crippen molar-refractivity contribution in [3.63, 3.8) is 0 Å². The molecular weight excluding hydrogens is 412 g/mol. The van der Waals surface area contributed by atoms with Crippen molar-refractivity contribution < 1.29 is 17.6 Å². The number of hydrogen-bond acceptors (Lipinski definition) is 4. The summed E-state index contributed by atoms with van der Waals surface area (Å²) in [5.41, 5.74) is 4.15. The molecule has 0 radical (unpaired) electrons. The number of furan rings is 1. The summed E-state index contributed by atoms with van der Waals surface area (Å²) >= 11 is 0. The zero-order valence-electron chi connectivity index (χ0n) is 17.8. The van der Waals surface area contributed by atoms with Crippen molar-refractivity contribution in [3.05, 3.63) is 71.8 Å². The second-order valence-electron chi connectivity index (χ2n) is 7.82. The molecule has 0 aliphatic heterocycles. The van der Waals surface area contributed by atoms with Gasteiger partial charge in [-0.1, -0.05) is 30.3 Å². The van der Waals surface area contributed by atoms with Gasteiger partial charge in [0.2, 0.25) is 15.9 Å². The first-order valence-corrected chi connectivity index (χ1v) is 11.8. The Hall–Kier alpha value is -3.32. The molecule has 0 saturated heterocycles. The lowest BCUT2D eigenvalue weighted by atomic mass is 10.1. The zero-order chi connectivity index (χ0) is 22.3. The molecule has 0 aliphatic rings. The second kappa shape index (κ2) is 7.74. The number of amides is 1. The molecule has 3 aromatic carbocycles. The summed E-state index contributed by atoms with van der Waals surface area (Å²) in [6.07, 6.45) is 1.11.